The fourth-order valence-electron chi connectivity index (χ4n) is 1.66. The van der Waals surface area contributed by atoms with E-state index in [0.29, 0.717) is 0 Å². The number of nitrogens with zero attached hydrogens (tertiary/aromatic N) is 1. The normalized spacial score (nSPS) is 22.7. The lowest BCUT2D eigenvalue weighted by molar-refractivity contribution is 0.570. The van der Waals surface area contributed by atoms with Gasteiger partial charge in [-0.3, -0.25) is 0 Å². The van der Waals surface area contributed by atoms with Crippen molar-refractivity contribution in [2.45, 2.75) is 24.0 Å². The first-order valence-electron chi connectivity index (χ1n) is 4.64. The van der Waals surface area contributed by atoms with Crippen LogP contribution >= 0.6 is 0 Å². The first-order valence-corrected chi connectivity index (χ1v) is 6.29. The van der Waals surface area contributed by atoms with E-state index in [1.54, 1.807) is 0 Å². The molecule has 0 bridgehead atoms. The molecule has 14 heavy (non-hydrogen) atoms. The summed E-state index contributed by atoms with van der Waals surface area (Å²) in [5.74, 6) is 0.139. The first-order chi connectivity index (χ1) is 6.68. The second-order valence-electron chi connectivity index (χ2n) is 3.47. The van der Waals surface area contributed by atoms with Crippen LogP contribution in [0.2, 0.25) is 0 Å². The molecule has 78 valence electrons. The Hall–Kier alpha value is -0.880. The van der Waals surface area contributed by atoms with Crippen LogP contribution in [0.15, 0.2) is 17.6 Å². The minimum atomic E-state index is -3.23. The number of sulfone groups is 1. The molecular formula is C8H13N3O2S. The van der Waals surface area contributed by atoms with Gasteiger partial charge in [0.1, 0.15) is 0 Å². The van der Waals surface area contributed by atoms with Crippen LogP contribution in [0.1, 0.15) is 12.8 Å². The van der Waals surface area contributed by atoms with Gasteiger partial charge in [-0.05, 0) is 19.4 Å². The lowest BCUT2D eigenvalue weighted by Gasteiger charge is -2.08. The van der Waals surface area contributed by atoms with E-state index in [4.69, 9.17) is 0 Å². The summed E-state index contributed by atoms with van der Waals surface area (Å²) in [6, 6.07) is 0.0881. The summed E-state index contributed by atoms with van der Waals surface area (Å²) in [6.45, 7) is 0.915. The Bertz CT molecular complexity index is 379. The van der Waals surface area contributed by atoms with Gasteiger partial charge >= 0.3 is 0 Å². The van der Waals surface area contributed by atoms with E-state index in [9.17, 15) is 8.42 Å². The largest absolute Gasteiger partial charge is 0.336 e. The lowest BCUT2D eigenvalue weighted by Crippen LogP contribution is -2.30. The Morgan fingerprint density at radius 1 is 1.57 bits per heavy atom. The molecule has 1 atom stereocenters. The summed E-state index contributed by atoms with van der Waals surface area (Å²) in [6.07, 6.45) is 4.96. The number of rotatable bonds is 3. The molecule has 6 heteroatoms. The van der Waals surface area contributed by atoms with E-state index in [-0.39, 0.29) is 17.0 Å². The molecule has 0 saturated carbocycles. The number of hydrogen-bond acceptors (Lipinski definition) is 4. The molecular weight excluding hydrogens is 202 g/mol. The average molecular weight is 215 g/mol. The van der Waals surface area contributed by atoms with Crippen molar-refractivity contribution < 1.29 is 8.42 Å². The summed E-state index contributed by atoms with van der Waals surface area (Å²) >= 11 is 0. The fourth-order valence-corrected chi connectivity index (χ4v) is 3.10. The Kier molecular flexibility index (Phi) is 2.56. The van der Waals surface area contributed by atoms with Crippen molar-refractivity contribution >= 4 is 9.84 Å². The molecule has 0 radical (unpaired) electrons. The van der Waals surface area contributed by atoms with Crippen LogP contribution in [-0.2, 0) is 9.84 Å². The number of aromatic nitrogens is 2. The Labute approximate surface area is 82.9 Å². The van der Waals surface area contributed by atoms with Gasteiger partial charge < -0.3 is 10.3 Å². The average Bonchev–Trinajstić information content (AvgIpc) is 2.71. The van der Waals surface area contributed by atoms with E-state index in [2.05, 4.69) is 15.3 Å². The molecule has 0 aliphatic carbocycles. The quantitative estimate of drug-likeness (QED) is 0.740. The number of aromatic amines is 1. The maximum Gasteiger partial charge on any atom is 0.225 e. The Balaban J connectivity index is 2.09. The molecule has 1 saturated heterocycles. The highest BCUT2D eigenvalue weighted by atomic mass is 32.2. The highest BCUT2D eigenvalue weighted by molar-refractivity contribution is 7.91. The summed E-state index contributed by atoms with van der Waals surface area (Å²) in [5, 5.41) is 3.23. The smallest absolute Gasteiger partial charge is 0.225 e. The maximum atomic E-state index is 11.7. The predicted molar refractivity (Wildman–Crippen MR) is 51.7 cm³/mol. The molecule has 1 aliphatic rings. The van der Waals surface area contributed by atoms with Crippen molar-refractivity contribution in [2.75, 3.05) is 12.3 Å². The zero-order valence-corrected chi connectivity index (χ0v) is 8.55. The standard InChI is InChI=1S/C8H13N3O2S/c12-14(13,8-10-4-5-11-8)6-7-2-1-3-9-7/h4-5,7,9H,1-3,6H2,(H,10,11). The third kappa shape index (κ3) is 1.96. The van der Waals surface area contributed by atoms with Crippen molar-refractivity contribution in [3.05, 3.63) is 12.4 Å². The second-order valence-corrected chi connectivity index (χ2v) is 5.42. The highest BCUT2D eigenvalue weighted by Gasteiger charge is 2.24. The first kappa shape index (κ1) is 9.67. The molecule has 1 aliphatic heterocycles. The zero-order chi connectivity index (χ0) is 10.0. The minimum Gasteiger partial charge on any atom is -0.336 e. The zero-order valence-electron chi connectivity index (χ0n) is 7.73. The topological polar surface area (TPSA) is 74.8 Å². The molecule has 0 amide bonds. The van der Waals surface area contributed by atoms with Crippen molar-refractivity contribution in [3.63, 3.8) is 0 Å². The van der Waals surface area contributed by atoms with Gasteiger partial charge in [0.2, 0.25) is 15.0 Å². The Morgan fingerprint density at radius 3 is 3.00 bits per heavy atom. The van der Waals surface area contributed by atoms with Crippen molar-refractivity contribution in [1.82, 2.24) is 15.3 Å². The van der Waals surface area contributed by atoms with Gasteiger partial charge in [0.25, 0.3) is 0 Å². The van der Waals surface area contributed by atoms with E-state index < -0.39 is 9.84 Å². The van der Waals surface area contributed by atoms with Gasteiger partial charge in [-0.1, -0.05) is 0 Å². The predicted octanol–water partition coefficient (Wildman–Crippen LogP) is -0.0646. The summed E-state index contributed by atoms with van der Waals surface area (Å²) < 4.78 is 23.4. The minimum absolute atomic E-state index is 0.0752. The van der Waals surface area contributed by atoms with Crippen molar-refractivity contribution in [1.29, 1.82) is 0 Å². The SMILES string of the molecule is O=S(=O)(CC1CCCN1)c1ncc[nH]1. The summed E-state index contributed by atoms with van der Waals surface area (Å²) in [5.41, 5.74) is 0. The molecule has 1 fully saturated rings. The van der Waals surface area contributed by atoms with Gasteiger partial charge in [0, 0.05) is 18.4 Å². The molecule has 0 aromatic carbocycles. The monoisotopic (exact) mass is 215 g/mol. The summed E-state index contributed by atoms with van der Waals surface area (Å²) in [7, 11) is -3.23. The Morgan fingerprint density at radius 2 is 2.43 bits per heavy atom. The van der Waals surface area contributed by atoms with Gasteiger partial charge in [0.05, 0.1) is 5.75 Å². The molecule has 2 rings (SSSR count). The molecule has 2 N–H and O–H groups in total. The van der Waals surface area contributed by atoms with Crippen LogP contribution in [0.25, 0.3) is 0 Å². The third-order valence-electron chi connectivity index (χ3n) is 2.35. The molecule has 0 spiro atoms. The molecule has 2 heterocycles. The van der Waals surface area contributed by atoms with Gasteiger partial charge in [-0.2, -0.15) is 0 Å². The van der Waals surface area contributed by atoms with Crippen LogP contribution < -0.4 is 5.32 Å². The van der Waals surface area contributed by atoms with Crippen LogP contribution in [0.4, 0.5) is 0 Å². The number of imidazole rings is 1. The van der Waals surface area contributed by atoms with Crippen molar-refractivity contribution in [2.24, 2.45) is 0 Å². The van der Waals surface area contributed by atoms with Crippen LogP contribution in [0, 0.1) is 0 Å². The van der Waals surface area contributed by atoms with Gasteiger partial charge in [0.15, 0.2) is 0 Å². The molecule has 1 aromatic heterocycles. The number of H-pyrrole nitrogens is 1. The van der Waals surface area contributed by atoms with Crippen LogP contribution in [0.3, 0.4) is 0 Å². The van der Waals surface area contributed by atoms with E-state index in [0.717, 1.165) is 19.4 Å². The van der Waals surface area contributed by atoms with Gasteiger partial charge in [-0.15, -0.1) is 0 Å². The van der Waals surface area contributed by atoms with Crippen LogP contribution in [-0.4, -0.2) is 36.7 Å². The van der Waals surface area contributed by atoms with Crippen LogP contribution in [0.5, 0.6) is 0 Å². The summed E-state index contributed by atoms with van der Waals surface area (Å²) in [4.78, 5) is 6.38. The third-order valence-corrected chi connectivity index (χ3v) is 4.00. The molecule has 5 nitrogen and oxygen atoms in total. The molecule has 1 unspecified atom stereocenters. The van der Waals surface area contributed by atoms with E-state index in [1.807, 2.05) is 0 Å². The van der Waals surface area contributed by atoms with Gasteiger partial charge in [-0.25, -0.2) is 13.4 Å². The number of hydrogen-bond donors (Lipinski definition) is 2. The molecule has 1 aromatic rings. The fraction of sp³-hybridized carbons (Fsp3) is 0.625. The number of nitrogens with one attached hydrogen (secondary N) is 2. The second kappa shape index (κ2) is 3.70. The maximum absolute atomic E-state index is 11.7. The lowest BCUT2D eigenvalue weighted by atomic mass is 10.3. The highest BCUT2D eigenvalue weighted by Crippen LogP contribution is 2.11. The van der Waals surface area contributed by atoms with E-state index in [1.165, 1.54) is 12.4 Å². The van der Waals surface area contributed by atoms with Crippen molar-refractivity contribution in [3.8, 4) is 0 Å². The van der Waals surface area contributed by atoms with E-state index >= 15 is 0 Å².